The van der Waals surface area contributed by atoms with Gasteiger partial charge in [-0.1, -0.05) is 30.3 Å². The number of fused-ring (bicyclic) bond motifs is 1. The van der Waals surface area contributed by atoms with Crippen LogP contribution in [0.15, 0.2) is 48.5 Å². The minimum absolute atomic E-state index is 0.0683. The van der Waals surface area contributed by atoms with Crippen molar-refractivity contribution < 1.29 is 18.7 Å². The quantitative estimate of drug-likeness (QED) is 0.936. The zero-order valence-electron chi connectivity index (χ0n) is 13.2. The first kappa shape index (κ1) is 16.0. The van der Waals surface area contributed by atoms with Crippen LogP contribution in [0.25, 0.3) is 0 Å². The number of rotatable bonds is 4. The Morgan fingerprint density at radius 3 is 2.71 bits per heavy atom. The van der Waals surface area contributed by atoms with Crippen molar-refractivity contribution in [3.05, 3.63) is 59.9 Å². The summed E-state index contributed by atoms with van der Waals surface area (Å²) in [7, 11) is 1.65. The summed E-state index contributed by atoms with van der Waals surface area (Å²) >= 11 is 0. The molecular weight excluding hydrogens is 311 g/mol. The van der Waals surface area contributed by atoms with Crippen molar-refractivity contribution in [3.63, 3.8) is 0 Å². The van der Waals surface area contributed by atoms with Crippen LogP contribution in [0, 0.1) is 5.82 Å². The standard InChI is InChI=1S/C18H17FN2O3/c1-21-14-8-4-5-9-15(14)24-16(18(21)23)10-17(22)20-11-12-6-2-3-7-13(12)19/h2-9,16H,10-11H2,1H3,(H,20,22). The smallest absolute Gasteiger partial charge is 0.268 e. The molecule has 0 fully saturated rings. The highest BCUT2D eigenvalue weighted by atomic mass is 19.1. The first-order chi connectivity index (χ1) is 11.6. The monoisotopic (exact) mass is 328 g/mol. The van der Waals surface area contributed by atoms with Crippen LogP contribution in [0.1, 0.15) is 12.0 Å². The molecule has 5 nitrogen and oxygen atoms in total. The van der Waals surface area contributed by atoms with Crippen LogP contribution in [0.3, 0.4) is 0 Å². The van der Waals surface area contributed by atoms with E-state index in [1.54, 1.807) is 43.4 Å². The molecule has 3 rings (SSSR count). The lowest BCUT2D eigenvalue weighted by atomic mass is 10.1. The summed E-state index contributed by atoms with van der Waals surface area (Å²) in [4.78, 5) is 25.9. The summed E-state index contributed by atoms with van der Waals surface area (Å²) in [6.07, 6.45) is -1.00. The number of para-hydroxylation sites is 2. The lowest BCUT2D eigenvalue weighted by Gasteiger charge is -2.31. The summed E-state index contributed by atoms with van der Waals surface area (Å²) in [6, 6.07) is 13.4. The second-order valence-corrected chi connectivity index (χ2v) is 5.54. The third-order valence-corrected chi connectivity index (χ3v) is 3.91. The Morgan fingerprint density at radius 2 is 1.92 bits per heavy atom. The van der Waals surface area contributed by atoms with E-state index in [4.69, 9.17) is 4.74 Å². The van der Waals surface area contributed by atoms with E-state index in [1.165, 1.54) is 11.0 Å². The Labute approximate surface area is 139 Å². The Morgan fingerprint density at radius 1 is 1.21 bits per heavy atom. The van der Waals surface area contributed by atoms with Gasteiger partial charge in [-0.2, -0.15) is 0 Å². The van der Waals surface area contributed by atoms with Crippen LogP contribution < -0.4 is 15.0 Å². The minimum atomic E-state index is -0.884. The number of nitrogens with zero attached hydrogens (tertiary/aromatic N) is 1. The number of carbonyl (C=O) groups is 2. The van der Waals surface area contributed by atoms with Gasteiger partial charge in [-0.25, -0.2) is 4.39 Å². The molecule has 124 valence electrons. The van der Waals surface area contributed by atoms with Crippen molar-refractivity contribution in [2.24, 2.45) is 0 Å². The van der Waals surface area contributed by atoms with E-state index in [2.05, 4.69) is 5.32 Å². The maximum absolute atomic E-state index is 13.5. The Kier molecular flexibility index (Phi) is 4.46. The second kappa shape index (κ2) is 6.70. The molecule has 0 saturated heterocycles. The fourth-order valence-electron chi connectivity index (χ4n) is 2.58. The van der Waals surface area contributed by atoms with Gasteiger partial charge in [0.2, 0.25) is 5.91 Å². The number of likely N-dealkylation sites (N-methyl/N-ethyl adjacent to an activating group) is 1. The highest BCUT2D eigenvalue weighted by molar-refractivity contribution is 6.01. The molecule has 0 bridgehead atoms. The summed E-state index contributed by atoms with van der Waals surface area (Å²) in [6.45, 7) is 0.0683. The maximum Gasteiger partial charge on any atom is 0.268 e. The van der Waals surface area contributed by atoms with Gasteiger partial charge in [-0.3, -0.25) is 9.59 Å². The highest BCUT2D eigenvalue weighted by Gasteiger charge is 2.33. The molecule has 0 spiro atoms. The Balaban J connectivity index is 1.63. The normalized spacial score (nSPS) is 16.3. The van der Waals surface area contributed by atoms with E-state index >= 15 is 0 Å². The molecule has 24 heavy (non-hydrogen) atoms. The second-order valence-electron chi connectivity index (χ2n) is 5.54. The molecule has 0 radical (unpaired) electrons. The predicted octanol–water partition coefficient (Wildman–Crippen LogP) is 2.26. The molecule has 1 aliphatic heterocycles. The van der Waals surface area contributed by atoms with Gasteiger partial charge in [0, 0.05) is 19.2 Å². The van der Waals surface area contributed by atoms with Crippen molar-refractivity contribution in [1.29, 1.82) is 0 Å². The molecular formula is C18H17FN2O3. The van der Waals surface area contributed by atoms with Gasteiger partial charge in [0.1, 0.15) is 11.6 Å². The first-order valence-electron chi connectivity index (χ1n) is 7.59. The fraction of sp³-hybridized carbons (Fsp3) is 0.222. The van der Waals surface area contributed by atoms with Gasteiger partial charge in [0.25, 0.3) is 5.91 Å². The summed E-state index contributed by atoms with van der Waals surface area (Å²) in [5.41, 5.74) is 1.06. The molecule has 1 atom stereocenters. The van der Waals surface area contributed by atoms with Gasteiger partial charge in [-0.15, -0.1) is 0 Å². The van der Waals surface area contributed by atoms with Crippen LogP contribution in [-0.4, -0.2) is 25.0 Å². The van der Waals surface area contributed by atoms with Crippen molar-refractivity contribution in [1.82, 2.24) is 5.32 Å². The van der Waals surface area contributed by atoms with E-state index < -0.39 is 6.10 Å². The van der Waals surface area contributed by atoms with E-state index in [-0.39, 0.29) is 30.6 Å². The maximum atomic E-state index is 13.5. The number of benzene rings is 2. The van der Waals surface area contributed by atoms with Crippen LogP contribution in [0.5, 0.6) is 5.75 Å². The van der Waals surface area contributed by atoms with Gasteiger partial charge < -0.3 is 15.0 Å². The zero-order valence-corrected chi connectivity index (χ0v) is 13.2. The molecule has 1 heterocycles. The van der Waals surface area contributed by atoms with Crippen LogP contribution >= 0.6 is 0 Å². The van der Waals surface area contributed by atoms with E-state index in [0.717, 1.165) is 0 Å². The molecule has 1 N–H and O–H groups in total. The van der Waals surface area contributed by atoms with Gasteiger partial charge in [-0.05, 0) is 18.2 Å². The lowest BCUT2D eigenvalue weighted by Crippen LogP contribution is -2.46. The number of anilines is 1. The molecule has 0 saturated carbocycles. The summed E-state index contributed by atoms with van der Waals surface area (Å²) in [5.74, 6) is -0.470. The number of amides is 2. The number of ether oxygens (including phenoxy) is 1. The van der Waals surface area contributed by atoms with E-state index in [1.807, 2.05) is 6.07 Å². The van der Waals surface area contributed by atoms with Crippen LogP contribution in [0.4, 0.5) is 10.1 Å². The molecule has 2 aromatic rings. The van der Waals surface area contributed by atoms with Gasteiger partial charge in [0.15, 0.2) is 6.10 Å². The Bertz CT molecular complexity index is 778. The van der Waals surface area contributed by atoms with Crippen molar-refractivity contribution in [2.75, 3.05) is 11.9 Å². The van der Waals surface area contributed by atoms with Crippen molar-refractivity contribution in [3.8, 4) is 5.75 Å². The van der Waals surface area contributed by atoms with E-state index in [0.29, 0.717) is 17.0 Å². The Hall–Kier alpha value is -2.89. The van der Waals surface area contributed by atoms with Crippen LogP contribution in [-0.2, 0) is 16.1 Å². The fourth-order valence-corrected chi connectivity index (χ4v) is 2.58. The van der Waals surface area contributed by atoms with Gasteiger partial charge >= 0.3 is 0 Å². The summed E-state index contributed by atoms with van der Waals surface area (Å²) < 4.78 is 19.2. The number of halogens is 1. The number of hydrogen-bond acceptors (Lipinski definition) is 3. The predicted molar refractivity (Wildman–Crippen MR) is 87.1 cm³/mol. The SMILES string of the molecule is CN1C(=O)C(CC(=O)NCc2ccccc2F)Oc2ccccc21. The average molecular weight is 328 g/mol. The van der Waals surface area contributed by atoms with Crippen LogP contribution in [0.2, 0.25) is 0 Å². The molecule has 0 aromatic heterocycles. The topological polar surface area (TPSA) is 58.6 Å². The molecule has 0 aliphatic carbocycles. The lowest BCUT2D eigenvalue weighted by molar-refractivity contribution is -0.132. The average Bonchev–Trinajstić information content (AvgIpc) is 2.59. The number of hydrogen-bond donors (Lipinski definition) is 1. The largest absolute Gasteiger partial charge is 0.478 e. The van der Waals surface area contributed by atoms with E-state index in [9.17, 15) is 14.0 Å². The van der Waals surface area contributed by atoms with Crippen molar-refractivity contribution in [2.45, 2.75) is 19.1 Å². The van der Waals surface area contributed by atoms with Crippen molar-refractivity contribution >= 4 is 17.5 Å². The molecule has 2 aromatic carbocycles. The highest BCUT2D eigenvalue weighted by Crippen LogP contribution is 2.33. The number of carbonyl (C=O) groups excluding carboxylic acids is 2. The third-order valence-electron chi connectivity index (χ3n) is 3.91. The molecule has 6 heteroatoms. The van der Waals surface area contributed by atoms with Gasteiger partial charge in [0.05, 0.1) is 12.1 Å². The molecule has 2 amide bonds. The molecule has 1 unspecified atom stereocenters. The third kappa shape index (κ3) is 3.22. The number of nitrogens with one attached hydrogen (secondary N) is 1. The molecule has 1 aliphatic rings. The summed E-state index contributed by atoms with van der Waals surface area (Å²) in [5, 5.41) is 2.62. The first-order valence-corrected chi connectivity index (χ1v) is 7.59. The minimum Gasteiger partial charge on any atom is -0.478 e. The zero-order chi connectivity index (χ0) is 17.1.